The zero-order chi connectivity index (χ0) is 13.7. The van der Waals surface area contributed by atoms with Gasteiger partial charge in [-0.05, 0) is 25.2 Å². The Bertz CT molecular complexity index is 356. The second-order valence-electron chi connectivity index (χ2n) is 5.59. The summed E-state index contributed by atoms with van der Waals surface area (Å²) in [6.07, 6.45) is 4.19. The predicted molar refractivity (Wildman–Crippen MR) is 79.4 cm³/mol. The molecule has 2 aliphatic rings. The molecule has 19 heavy (non-hydrogen) atoms. The second kappa shape index (κ2) is 7.06. The van der Waals surface area contributed by atoms with Gasteiger partial charge in [0.1, 0.15) is 0 Å². The monoisotopic (exact) mass is 265 g/mol. The number of nitrogens with one attached hydrogen (secondary N) is 1. The first-order valence-corrected chi connectivity index (χ1v) is 7.56. The number of allylic oxidation sites excluding steroid dienone is 1. The van der Waals surface area contributed by atoms with Crippen molar-refractivity contribution in [3.05, 3.63) is 11.3 Å². The summed E-state index contributed by atoms with van der Waals surface area (Å²) in [5, 5.41) is 3.42. The van der Waals surface area contributed by atoms with Crippen LogP contribution >= 0.6 is 0 Å². The summed E-state index contributed by atoms with van der Waals surface area (Å²) in [4.78, 5) is 4.97. The summed E-state index contributed by atoms with van der Waals surface area (Å²) in [7, 11) is 0. The number of hydrogen-bond acceptors (Lipinski definition) is 4. The van der Waals surface area contributed by atoms with Crippen LogP contribution in [0.2, 0.25) is 0 Å². The summed E-state index contributed by atoms with van der Waals surface area (Å²) in [6, 6.07) is 0.432. The molecule has 3 N–H and O–H groups in total. The Balaban J connectivity index is 2.17. The van der Waals surface area contributed by atoms with Crippen molar-refractivity contribution in [2.24, 2.45) is 16.6 Å². The third-order valence-electron chi connectivity index (χ3n) is 4.21. The smallest absolute Gasteiger partial charge is 0.0546 e. The van der Waals surface area contributed by atoms with Crippen LogP contribution in [0.3, 0.4) is 0 Å². The fraction of sp³-hybridized carbons (Fsp3) is 0.800. The lowest BCUT2D eigenvalue weighted by Gasteiger charge is -2.26. The highest BCUT2D eigenvalue weighted by atomic mass is 16.5. The van der Waals surface area contributed by atoms with Crippen LogP contribution in [0.4, 0.5) is 0 Å². The molecular weight excluding hydrogens is 238 g/mol. The van der Waals surface area contributed by atoms with Crippen molar-refractivity contribution in [3.63, 3.8) is 0 Å². The van der Waals surface area contributed by atoms with Crippen molar-refractivity contribution in [2.75, 3.05) is 26.3 Å². The number of nitrogens with two attached hydrogens (primary N) is 1. The number of nitrogens with zero attached hydrogens (tertiary/aromatic N) is 1. The van der Waals surface area contributed by atoms with E-state index in [9.17, 15) is 0 Å². The summed E-state index contributed by atoms with van der Waals surface area (Å²) in [5.41, 5.74) is 9.86. The molecule has 0 aliphatic carbocycles. The lowest BCUT2D eigenvalue weighted by atomic mass is 9.94. The van der Waals surface area contributed by atoms with E-state index in [2.05, 4.69) is 19.2 Å². The van der Waals surface area contributed by atoms with Gasteiger partial charge in [-0.2, -0.15) is 0 Å². The average Bonchev–Trinajstić information content (AvgIpc) is 2.47. The Hall–Kier alpha value is -0.870. The Morgan fingerprint density at radius 2 is 2.21 bits per heavy atom. The van der Waals surface area contributed by atoms with Crippen LogP contribution in [-0.4, -0.2) is 38.1 Å². The Morgan fingerprint density at radius 3 is 2.89 bits per heavy atom. The van der Waals surface area contributed by atoms with Gasteiger partial charge in [0.15, 0.2) is 0 Å². The summed E-state index contributed by atoms with van der Waals surface area (Å²) in [5.74, 6) is 0.440. The second-order valence-corrected chi connectivity index (χ2v) is 5.59. The highest BCUT2D eigenvalue weighted by Crippen LogP contribution is 2.20. The van der Waals surface area contributed by atoms with Crippen LogP contribution in [0.1, 0.15) is 39.5 Å². The molecule has 0 radical (unpaired) electrons. The average molecular weight is 265 g/mol. The van der Waals surface area contributed by atoms with Crippen molar-refractivity contribution in [1.82, 2.24) is 5.32 Å². The third kappa shape index (κ3) is 3.80. The molecule has 2 aliphatic heterocycles. The standard InChI is InChI=1S/C15H27N3O/c1-3-11(2)15(16)13-10-17-7-4-14(13)18-12-5-8-19-9-6-12/h11-12,17H,3-10,16H2,1-2H3/b15-13-,18-14?/t11-/m1/s1. The van der Waals surface area contributed by atoms with E-state index in [0.717, 1.165) is 57.7 Å². The number of aliphatic imine (C=N–C) groups is 1. The number of hydrogen-bond donors (Lipinski definition) is 2. The van der Waals surface area contributed by atoms with Crippen LogP contribution in [0.15, 0.2) is 16.3 Å². The van der Waals surface area contributed by atoms with E-state index in [1.165, 1.54) is 11.3 Å². The molecule has 0 unspecified atom stereocenters. The summed E-state index contributed by atoms with van der Waals surface area (Å²) < 4.78 is 5.40. The van der Waals surface area contributed by atoms with Gasteiger partial charge in [0.05, 0.1) is 6.04 Å². The lowest BCUT2D eigenvalue weighted by molar-refractivity contribution is 0.0870. The van der Waals surface area contributed by atoms with Crippen LogP contribution in [-0.2, 0) is 4.74 Å². The fourth-order valence-corrected chi connectivity index (χ4v) is 2.64. The SMILES string of the molecule is CC[C@@H](C)/C(N)=C1\CNCCC1=NC1CCOCC1. The van der Waals surface area contributed by atoms with Crippen LogP contribution in [0.25, 0.3) is 0 Å². The van der Waals surface area contributed by atoms with Gasteiger partial charge in [0.2, 0.25) is 0 Å². The van der Waals surface area contributed by atoms with Gasteiger partial charge in [-0.3, -0.25) is 4.99 Å². The zero-order valence-corrected chi connectivity index (χ0v) is 12.2. The summed E-state index contributed by atoms with van der Waals surface area (Å²) in [6.45, 7) is 7.96. The molecule has 0 aromatic heterocycles. The molecule has 2 heterocycles. The van der Waals surface area contributed by atoms with Crippen LogP contribution in [0.5, 0.6) is 0 Å². The van der Waals surface area contributed by atoms with E-state index in [1.807, 2.05) is 0 Å². The molecule has 0 aromatic rings. The molecule has 4 nitrogen and oxygen atoms in total. The highest BCUT2D eigenvalue weighted by Gasteiger charge is 2.21. The minimum absolute atomic E-state index is 0.432. The molecule has 0 bridgehead atoms. The first-order chi connectivity index (χ1) is 9.22. The van der Waals surface area contributed by atoms with Crippen molar-refractivity contribution < 1.29 is 4.74 Å². The molecule has 0 aromatic carbocycles. The Morgan fingerprint density at radius 1 is 1.47 bits per heavy atom. The first kappa shape index (κ1) is 14.5. The molecule has 1 atom stereocenters. The maximum Gasteiger partial charge on any atom is 0.0546 e. The van der Waals surface area contributed by atoms with E-state index in [1.54, 1.807) is 0 Å². The predicted octanol–water partition coefficient (Wildman–Crippen LogP) is 1.86. The lowest BCUT2D eigenvalue weighted by Crippen LogP contribution is -2.35. The van der Waals surface area contributed by atoms with Gasteiger partial charge >= 0.3 is 0 Å². The van der Waals surface area contributed by atoms with Gasteiger partial charge in [-0.25, -0.2) is 0 Å². The van der Waals surface area contributed by atoms with Crippen molar-refractivity contribution >= 4 is 5.71 Å². The maximum atomic E-state index is 6.33. The van der Waals surface area contributed by atoms with E-state index in [4.69, 9.17) is 15.5 Å². The molecule has 2 fully saturated rings. The van der Waals surface area contributed by atoms with Gasteiger partial charge in [0, 0.05) is 49.7 Å². The molecule has 0 saturated carbocycles. The van der Waals surface area contributed by atoms with Gasteiger partial charge in [-0.15, -0.1) is 0 Å². The van der Waals surface area contributed by atoms with Crippen LogP contribution in [0, 0.1) is 5.92 Å². The van der Waals surface area contributed by atoms with E-state index in [-0.39, 0.29) is 0 Å². The molecular formula is C15H27N3O. The normalized spacial score (nSPS) is 28.4. The van der Waals surface area contributed by atoms with E-state index >= 15 is 0 Å². The molecule has 0 spiro atoms. The Labute approximate surface area is 116 Å². The minimum atomic E-state index is 0.432. The molecule has 0 amide bonds. The number of ether oxygens (including phenoxy) is 1. The summed E-state index contributed by atoms with van der Waals surface area (Å²) >= 11 is 0. The Kier molecular flexibility index (Phi) is 5.40. The van der Waals surface area contributed by atoms with E-state index < -0.39 is 0 Å². The van der Waals surface area contributed by atoms with E-state index in [0.29, 0.717) is 12.0 Å². The van der Waals surface area contributed by atoms with Crippen LogP contribution < -0.4 is 11.1 Å². The van der Waals surface area contributed by atoms with Gasteiger partial charge in [-0.1, -0.05) is 13.8 Å². The van der Waals surface area contributed by atoms with Gasteiger partial charge in [0.25, 0.3) is 0 Å². The highest BCUT2D eigenvalue weighted by molar-refractivity contribution is 6.02. The van der Waals surface area contributed by atoms with Crippen molar-refractivity contribution in [1.29, 1.82) is 0 Å². The molecule has 4 heteroatoms. The largest absolute Gasteiger partial charge is 0.402 e. The first-order valence-electron chi connectivity index (χ1n) is 7.56. The number of rotatable bonds is 3. The quantitative estimate of drug-likeness (QED) is 0.819. The maximum absolute atomic E-state index is 6.33. The number of piperidine rings is 1. The van der Waals surface area contributed by atoms with Gasteiger partial charge < -0.3 is 15.8 Å². The molecule has 2 saturated heterocycles. The minimum Gasteiger partial charge on any atom is -0.402 e. The fourth-order valence-electron chi connectivity index (χ4n) is 2.64. The molecule has 2 rings (SSSR count). The molecule has 108 valence electrons. The third-order valence-corrected chi connectivity index (χ3v) is 4.21. The zero-order valence-electron chi connectivity index (χ0n) is 12.2. The topological polar surface area (TPSA) is 59.6 Å². The van der Waals surface area contributed by atoms with Crippen molar-refractivity contribution in [2.45, 2.75) is 45.6 Å². The van der Waals surface area contributed by atoms with Crippen molar-refractivity contribution in [3.8, 4) is 0 Å².